The van der Waals surface area contributed by atoms with Crippen LogP contribution in [0.4, 0.5) is 0 Å². The molecular weight excluding hydrogens is 144 g/mol. The first-order chi connectivity index (χ1) is 5.74. The summed E-state index contributed by atoms with van der Waals surface area (Å²) in [7, 11) is 0. The van der Waals surface area contributed by atoms with Gasteiger partial charge in [-0.05, 0) is 13.3 Å². The van der Waals surface area contributed by atoms with Gasteiger partial charge < -0.3 is 0 Å². The Balaban J connectivity index is -0.000000105. The van der Waals surface area contributed by atoms with E-state index in [1.165, 1.54) is 19.3 Å². The zero-order valence-corrected chi connectivity index (χ0v) is 9.40. The first-order valence-corrected chi connectivity index (χ1v) is 4.92. The molecule has 74 valence electrons. The van der Waals surface area contributed by atoms with Crippen molar-refractivity contribution in [3.05, 3.63) is 25.3 Å². The summed E-state index contributed by atoms with van der Waals surface area (Å²) in [6, 6.07) is 0. The van der Waals surface area contributed by atoms with E-state index >= 15 is 0 Å². The van der Waals surface area contributed by atoms with E-state index in [0.29, 0.717) is 0 Å². The van der Waals surface area contributed by atoms with Gasteiger partial charge in [0.2, 0.25) is 0 Å². The van der Waals surface area contributed by atoms with E-state index in [-0.39, 0.29) is 0 Å². The minimum atomic E-state index is 1.08. The number of rotatable bonds is 3. The molecule has 0 saturated carbocycles. The van der Waals surface area contributed by atoms with Crippen molar-refractivity contribution in [1.82, 2.24) is 0 Å². The highest BCUT2D eigenvalue weighted by Crippen LogP contribution is 1.88. The SMILES string of the molecule is C=CC.C=CCC.CCCCC. The maximum Gasteiger partial charge on any atom is -0.0382 e. The van der Waals surface area contributed by atoms with Crippen molar-refractivity contribution in [2.45, 2.75) is 53.4 Å². The van der Waals surface area contributed by atoms with Gasteiger partial charge >= 0.3 is 0 Å². The smallest absolute Gasteiger partial charge is 0.0382 e. The Morgan fingerprint density at radius 1 is 1.00 bits per heavy atom. The van der Waals surface area contributed by atoms with Crippen LogP contribution in [0.3, 0.4) is 0 Å². The first-order valence-electron chi connectivity index (χ1n) is 4.92. The predicted octanol–water partition coefficient (Wildman–Crippen LogP) is 4.97. The van der Waals surface area contributed by atoms with Crippen molar-refractivity contribution in [3.8, 4) is 0 Å². The molecule has 0 aromatic heterocycles. The molecule has 0 heteroatoms. The number of unbranched alkanes of at least 4 members (excludes halogenated alkanes) is 2. The van der Waals surface area contributed by atoms with Gasteiger partial charge in [0.15, 0.2) is 0 Å². The van der Waals surface area contributed by atoms with Crippen molar-refractivity contribution < 1.29 is 0 Å². The molecule has 0 aromatic rings. The van der Waals surface area contributed by atoms with E-state index in [9.17, 15) is 0 Å². The topological polar surface area (TPSA) is 0 Å². The number of allylic oxidation sites excluding steroid dienone is 2. The van der Waals surface area contributed by atoms with Crippen LogP contribution in [0.5, 0.6) is 0 Å². The van der Waals surface area contributed by atoms with Crippen LogP contribution < -0.4 is 0 Å². The molecule has 12 heavy (non-hydrogen) atoms. The van der Waals surface area contributed by atoms with Crippen LogP contribution in [0.15, 0.2) is 25.3 Å². The minimum absolute atomic E-state index is 1.08. The average molecular weight is 170 g/mol. The summed E-state index contributed by atoms with van der Waals surface area (Å²) in [6.07, 6.45) is 8.78. The lowest BCUT2D eigenvalue weighted by molar-refractivity contribution is 0.772. The van der Waals surface area contributed by atoms with Crippen molar-refractivity contribution in [3.63, 3.8) is 0 Å². The van der Waals surface area contributed by atoms with Crippen LogP contribution in [0.25, 0.3) is 0 Å². The van der Waals surface area contributed by atoms with Gasteiger partial charge in [0.25, 0.3) is 0 Å². The molecule has 0 aliphatic heterocycles. The molecule has 0 radical (unpaired) electrons. The Bertz CT molecular complexity index is 60.4. The van der Waals surface area contributed by atoms with Gasteiger partial charge in [-0.25, -0.2) is 0 Å². The Morgan fingerprint density at radius 2 is 1.25 bits per heavy atom. The molecule has 0 fully saturated rings. The Labute approximate surface area is 79.4 Å². The third-order valence-corrected chi connectivity index (χ3v) is 0.996. The average Bonchev–Trinajstić information content (AvgIpc) is 2.08. The molecule has 0 nitrogen and oxygen atoms in total. The quantitative estimate of drug-likeness (QED) is 0.524. The molecular formula is C12H26. The van der Waals surface area contributed by atoms with Gasteiger partial charge in [-0.1, -0.05) is 52.2 Å². The van der Waals surface area contributed by atoms with Crippen molar-refractivity contribution in [2.75, 3.05) is 0 Å². The fraction of sp³-hybridized carbons (Fsp3) is 0.667. The molecule has 0 bridgehead atoms. The van der Waals surface area contributed by atoms with Gasteiger partial charge in [-0.2, -0.15) is 0 Å². The second-order valence-corrected chi connectivity index (χ2v) is 2.46. The van der Waals surface area contributed by atoms with Crippen LogP contribution in [0.1, 0.15) is 53.4 Å². The predicted molar refractivity (Wildman–Crippen MR) is 61.6 cm³/mol. The molecule has 0 rings (SSSR count). The fourth-order valence-electron chi connectivity index (χ4n) is 0.354. The van der Waals surface area contributed by atoms with Gasteiger partial charge in [0.05, 0.1) is 0 Å². The third kappa shape index (κ3) is 111. The lowest BCUT2D eigenvalue weighted by atomic mass is 10.3. The summed E-state index contributed by atoms with van der Waals surface area (Å²) in [5.74, 6) is 0. The molecule has 0 aliphatic rings. The van der Waals surface area contributed by atoms with Gasteiger partial charge in [-0.15, -0.1) is 13.2 Å². The molecule has 0 N–H and O–H groups in total. The fourth-order valence-corrected chi connectivity index (χ4v) is 0.354. The van der Waals surface area contributed by atoms with E-state index in [4.69, 9.17) is 0 Å². The molecule has 0 aromatic carbocycles. The standard InChI is InChI=1S/C5H12.C4H8.C3H6/c1-3-5-4-2;1-3-4-2;1-3-2/h3-5H2,1-2H3;3H,1,4H2,2H3;3H,1H2,2H3. The molecule has 0 atom stereocenters. The molecule has 0 unspecified atom stereocenters. The zero-order valence-electron chi connectivity index (χ0n) is 9.40. The van der Waals surface area contributed by atoms with E-state index in [2.05, 4.69) is 33.9 Å². The highest BCUT2D eigenvalue weighted by molar-refractivity contribution is 4.60. The van der Waals surface area contributed by atoms with Gasteiger partial charge in [0, 0.05) is 0 Å². The lowest BCUT2D eigenvalue weighted by Gasteiger charge is -1.79. The van der Waals surface area contributed by atoms with Crippen LogP contribution in [-0.4, -0.2) is 0 Å². The van der Waals surface area contributed by atoms with Crippen molar-refractivity contribution in [2.24, 2.45) is 0 Å². The molecule has 0 aliphatic carbocycles. The molecule has 0 spiro atoms. The number of hydrogen-bond donors (Lipinski definition) is 0. The van der Waals surface area contributed by atoms with E-state index < -0.39 is 0 Å². The normalized spacial score (nSPS) is 6.67. The Hall–Kier alpha value is -0.520. The first kappa shape index (κ1) is 17.5. The summed E-state index contributed by atoms with van der Waals surface area (Å²) in [5.41, 5.74) is 0. The summed E-state index contributed by atoms with van der Waals surface area (Å²) in [6.45, 7) is 15.2. The highest BCUT2D eigenvalue weighted by Gasteiger charge is 1.68. The van der Waals surface area contributed by atoms with Crippen LogP contribution in [-0.2, 0) is 0 Å². The Kier molecular flexibility index (Phi) is 45.8. The summed E-state index contributed by atoms with van der Waals surface area (Å²) in [5, 5.41) is 0. The number of hydrogen-bond acceptors (Lipinski definition) is 0. The summed E-state index contributed by atoms with van der Waals surface area (Å²) < 4.78 is 0. The summed E-state index contributed by atoms with van der Waals surface area (Å²) in [4.78, 5) is 0. The van der Waals surface area contributed by atoms with Crippen molar-refractivity contribution >= 4 is 0 Å². The van der Waals surface area contributed by atoms with Crippen molar-refractivity contribution in [1.29, 1.82) is 0 Å². The molecule has 0 saturated heterocycles. The van der Waals surface area contributed by atoms with Crippen LogP contribution >= 0.6 is 0 Å². The monoisotopic (exact) mass is 170 g/mol. The molecule has 0 heterocycles. The van der Waals surface area contributed by atoms with Gasteiger partial charge in [0.1, 0.15) is 0 Å². The van der Waals surface area contributed by atoms with E-state index in [1.54, 1.807) is 6.08 Å². The largest absolute Gasteiger partial charge is 0.103 e. The maximum absolute atomic E-state index is 3.48. The highest BCUT2D eigenvalue weighted by atomic mass is 13.7. The van der Waals surface area contributed by atoms with Crippen LogP contribution in [0, 0.1) is 0 Å². The second-order valence-electron chi connectivity index (χ2n) is 2.46. The van der Waals surface area contributed by atoms with E-state index in [0.717, 1.165) is 6.42 Å². The summed E-state index contributed by atoms with van der Waals surface area (Å²) >= 11 is 0. The molecule has 0 amide bonds. The Morgan fingerprint density at radius 3 is 1.25 bits per heavy atom. The zero-order chi connectivity index (χ0) is 10.2. The third-order valence-electron chi connectivity index (χ3n) is 0.996. The van der Waals surface area contributed by atoms with E-state index in [1.807, 2.05) is 13.0 Å². The maximum atomic E-state index is 3.48. The lowest BCUT2D eigenvalue weighted by Crippen LogP contribution is -1.59. The van der Waals surface area contributed by atoms with Crippen LogP contribution in [0.2, 0.25) is 0 Å². The second kappa shape index (κ2) is 31.4. The minimum Gasteiger partial charge on any atom is -0.103 e. The van der Waals surface area contributed by atoms with Gasteiger partial charge in [-0.3, -0.25) is 0 Å².